The van der Waals surface area contributed by atoms with Gasteiger partial charge in [0.1, 0.15) is 0 Å². The molecule has 4 rings (SSSR count). The first-order valence-corrected chi connectivity index (χ1v) is 9.42. The lowest BCUT2D eigenvalue weighted by Crippen LogP contribution is -2.47. The van der Waals surface area contributed by atoms with Gasteiger partial charge in [0.15, 0.2) is 5.82 Å². The van der Waals surface area contributed by atoms with E-state index in [-0.39, 0.29) is 5.91 Å². The van der Waals surface area contributed by atoms with Crippen molar-refractivity contribution in [3.63, 3.8) is 0 Å². The van der Waals surface area contributed by atoms with Crippen LogP contribution in [0, 0.1) is 0 Å². The summed E-state index contributed by atoms with van der Waals surface area (Å²) in [7, 11) is 2.10. The second kappa shape index (κ2) is 7.45. The molecule has 3 aromatic rings. The predicted molar refractivity (Wildman–Crippen MR) is 103 cm³/mol. The van der Waals surface area contributed by atoms with Crippen molar-refractivity contribution in [2.75, 3.05) is 45.1 Å². The maximum Gasteiger partial charge on any atom is 0.239 e. The third-order valence-electron chi connectivity index (χ3n) is 4.53. The van der Waals surface area contributed by atoms with Crippen LogP contribution in [-0.2, 0) is 4.79 Å². The molecule has 1 aliphatic rings. The van der Waals surface area contributed by atoms with Crippen molar-refractivity contribution in [2.24, 2.45) is 0 Å². The topological polar surface area (TPSA) is 74.2 Å². The molecule has 1 aliphatic heterocycles. The highest BCUT2D eigenvalue weighted by atomic mass is 32.1. The number of likely N-dealkylation sites (N-methyl/N-ethyl adjacent to an activating group) is 1. The summed E-state index contributed by atoms with van der Waals surface area (Å²) < 4.78 is 0. The predicted octanol–water partition coefficient (Wildman–Crippen LogP) is 1.94. The highest BCUT2D eigenvalue weighted by Gasteiger charge is 2.17. The molecule has 3 heterocycles. The van der Waals surface area contributed by atoms with E-state index in [1.807, 2.05) is 36.0 Å². The van der Waals surface area contributed by atoms with Gasteiger partial charge >= 0.3 is 0 Å². The fourth-order valence-corrected chi connectivity index (χ4v) is 3.63. The van der Waals surface area contributed by atoms with Gasteiger partial charge in [-0.2, -0.15) is 0 Å². The van der Waals surface area contributed by atoms with E-state index in [1.54, 1.807) is 11.3 Å². The number of nitrogens with one attached hydrogen (secondary N) is 1. The van der Waals surface area contributed by atoms with E-state index in [1.165, 1.54) is 0 Å². The van der Waals surface area contributed by atoms with Crippen molar-refractivity contribution in [3.05, 3.63) is 36.0 Å². The number of benzene rings is 1. The molecule has 7 nitrogen and oxygen atoms in total. The molecule has 1 fully saturated rings. The lowest BCUT2D eigenvalue weighted by atomic mass is 10.1. The fourth-order valence-electron chi connectivity index (χ4n) is 3.01. The van der Waals surface area contributed by atoms with Gasteiger partial charge in [-0.1, -0.05) is 6.07 Å². The first-order chi connectivity index (χ1) is 12.7. The fraction of sp³-hybridized carbons (Fsp3) is 0.333. The average molecular weight is 368 g/mol. The Morgan fingerprint density at radius 3 is 2.81 bits per heavy atom. The minimum absolute atomic E-state index is 0.0539. The van der Waals surface area contributed by atoms with Gasteiger partial charge in [0.05, 0.1) is 22.4 Å². The number of anilines is 1. The third-order valence-corrected chi connectivity index (χ3v) is 5.35. The summed E-state index contributed by atoms with van der Waals surface area (Å²) in [4.78, 5) is 22.0. The molecule has 0 spiro atoms. The lowest BCUT2D eigenvalue weighted by Gasteiger charge is -2.31. The Labute approximate surface area is 155 Å². The number of piperazine rings is 1. The van der Waals surface area contributed by atoms with Crippen LogP contribution in [0.15, 0.2) is 36.0 Å². The van der Waals surface area contributed by atoms with E-state index >= 15 is 0 Å². The Morgan fingerprint density at radius 1 is 1.19 bits per heavy atom. The molecule has 0 saturated carbocycles. The van der Waals surface area contributed by atoms with Crippen molar-refractivity contribution < 1.29 is 4.79 Å². The van der Waals surface area contributed by atoms with Gasteiger partial charge in [-0.05, 0) is 30.8 Å². The van der Waals surface area contributed by atoms with Crippen molar-refractivity contribution in [2.45, 2.75) is 0 Å². The monoisotopic (exact) mass is 368 g/mol. The first-order valence-electron chi connectivity index (χ1n) is 8.54. The summed E-state index contributed by atoms with van der Waals surface area (Å²) in [5.74, 6) is 0.430. The quantitative estimate of drug-likeness (QED) is 0.759. The molecule has 1 N–H and O–H groups in total. The third kappa shape index (κ3) is 3.87. The molecule has 1 saturated heterocycles. The molecule has 1 aromatic carbocycles. The zero-order valence-electron chi connectivity index (χ0n) is 14.6. The summed E-state index contributed by atoms with van der Waals surface area (Å²) >= 11 is 1.59. The van der Waals surface area contributed by atoms with Crippen LogP contribution in [0.3, 0.4) is 0 Å². The molecule has 0 aliphatic carbocycles. The Kier molecular flexibility index (Phi) is 4.87. The number of nitrogens with zero attached hydrogens (tertiary/aromatic N) is 5. The number of hydrogen-bond donors (Lipinski definition) is 1. The van der Waals surface area contributed by atoms with Gasteiger partial charge in [-0.25, -0.2) is 0 Å². The van der Waals surface area contributed by atoms with Crippen LogP contribution in [0.1, 0.15) is 0 Å². The summed E-state index contributed by atoms with van der Waals surface area (Å²) in [5.41, 5.74) is 3.70. The summed E-state index contributed by atoms with van der Waals surface area (Å²) in [6.07, 6.45) is 1.85. The average Bonchev–Trinajstić information content (AvgIpc) is 3.18. The van der Waals surface area contributed by atoms with E-state index in [0.29, 0.717) is 12.4 Å². The van der Waals surface area contributed by atoms with E-state index in [9.17, 15) is 4.79 Å². The lowest BCUT2D eigenvalue weighted by molar-refractivity contribution is -0.117. The molecule has 26 heavy (non-hydrogen) atoms. The van der Waals surface area contributed by atoms with Gasteiger partial charge in [-0.3, -0.25) is 14.7 Å². The smallest absolute Gasteiger partial charge is 0.239 e. The normalized spacial score (nSPS) is 16.0. The summed E-state index contributed by atoms with van der Waals surface area (Å²) in [6, 6.07) is 7.87. The Bertz CT molecular complexity index is 905. The van der Waals surface area contributed by atoms with E-state index in [4.69, 9.17) is 0 Å². The molecule has 0 radical (unpaired) electrons. The Balaban J connectivity index is 1.47. The SMILES string of the molecule is CN1CCN(CC(=O)Nc2cc3cc(-c4cncs4)ccc3nn2)CC1. The molecular formula is C18H20N6OS. The maximum atomic E-state index is 12.3. The van der Waals surface area contributed by atoms with Crippen LogP contribution in [-0.4, -0.2) is 70.7 Å². The summed E-state index contributed by atoms with van der Waals surface area (Å²) in [5, 5.41) is 12.2. The van der Waals surface area contributed by atoms with Crippen LogP contribution in [0.25, 0.3) is 21.3 Å². The highest BCUT2D eigenvalue weighted by molar-refractivity contribution is 7.13. The van der Waals surface area contributed by atoms with Crippen LogP contribution in [0.4, 0.5) is 5.82 Å². The molecular weight excluding hydrogens is 348 g/mol. The van der Waals surface area contributed by atoms with Crippen molar-refractivity contribution >= 4 is 34.0 Å². The number of carbonyl (C=O) groups is 1. The maximum absolute atomic E-state index is 12.3. The van der Waals surface area contributed by atoms with Crippen LogP contribution < -0.4 is 5.32 Å². The highest BCUT2D eigenvalue weighted by Crippen LogP contribution is 2.26. The number of carbonyl (C=O) groups excluding carboxylic acids is 1. The largest absolute Gasteiger partial charge is 0.308 e. The molecule has 8 heteroatoms. The minimum Gasteiger partial charge on any atom is -0.308 e. The number of fused-ring (bicyclic) bond motifs is 1. The van der Waals surface area contributed by atoms with Crippen molar-refractivity contribution in [1.82, 2.24) is 25.0 Å². The van der Waals surface area contributed by atoms with Crippen LogP contribution in [0.5, 0.6) is 0 Å². The molecule has 2 aromatic heterocycles. The van der Waals surface area contributed by atoms with Gasteiger partial charge in [0.2, 0.25) is 5.91 Å². The second-order valence-electron chi connectivity index (χ2n) is 6.50. The van der Waals surface area contributed by atoms with Crippen LogP contribution >= 0.6 is 11.3 Å². The number of rotatable bonds is 4. The zero-order valence-corrected chi connectivity index (χ0v) is 15.4. The number of aromatic nitrogens is 3. The zero-order chi connectivity index (χ0) is 17.9. The molecule has 1 amide bonds. The van der Waals surface area contributed by atoms with Gasteiger partial charge in [-0.15, -0.1) is 21.5 Å². The molecule has 0 unspecified atom stereocenters. The van der Waals surface area contributed by atoms with Crippen molar-refractivity contribution in [1.29, 1.82) is 0 Å². The minimum atomic E-state index is -0.0539. The molecule has 0 bridgehead atoms. The standard InChI is InChI=1S/C18H20N6OS/c1-23-4-6-24(7-5-23)11-18(25)20-17-9-14-8-13(16-10-19-12-26-16)2-3-15(14)21-22-17/h2-3,8-10,12H,4-7,11H2,1H3,(H,20,22,25). The molecule has 134 valence electrons. The number of thiazole rings is 1. The van der Waals surface area contributed by atoms with E-state index < -0.39 is 0 Å². The van der Waals surface area contributed by atoms with Crippen LogP contribution in [0.2, 0.25) is 0 Å². The van der Waals surface area contributed by atoms with E-state index in [0.717, 1.165) is 47.5 Å². The number of amides is 1. The Hall–Kier alpha value is -2.42. The second-order valence-corrected chi connectivity index (χ2v) is 7.38. The van der Waals surface area contributed by atoms with E-state index in [2.05, 4.69) is 37.3 Å². The Morgan fingerprint density at radius 2 is 2.04 bits per heavy atom. The van der Waals surface area contributed by atoms with Gasteiger partial charge < -0.3 is 10.2 Å². The van der Waals surface area contributed by atoms with Gasteiger partial charge in [0.25, 0.3) is 0 Å². The first kappa shape index (κ1) is 17.0. The van der Waals surface area contributed by atoms with Crippen molar-refractivity contribution in [3.8, 4) is 10.4 Å². The van der Waals surface area contributed by atoms with Gasteiger partial charge in [0, 0.05) is 37.8 Å². The summed E-state index contributed by atoms with van der Waals surface area (Å²) in [6.45, 7) is 4.18. The molecule has 0 atom stereocenters. The number of hydrogen-bond acceptors (Lipinski definition) is 7.